The molecule has 1 aliphatic rings. The van der Waals surface area contributed by atoms with Crippen LogP contribution in [0.3, 0.4) is 0 Å². The zero-order valence-corrected chi connectivity index (χ0v) is 35.1. The standard InChI is InChI=1S/C29H50N7O18P3S/c1-4-5-6-7-17(37)12-20(39)58-11-10-31-19(38)8-9-32-27(42)24(41)29(2,3)14-51-57(48,49)54-56(46,47)50-13-18-23(53-55(43,44)45)22(40)28(52-18)36-16-35-21-25(30)33-15-34-26(21)36/h15-18,22-24,28,37,40-41H,4-14H2,1-3H3,(H,31,38)(H,32,42)(H,46,47)(H,48,49)(H2,30,33,34)(H2,43,44,45)/t17-,18+,22?,23-,24-,28+/m0/s1. The third kappa shape index (κ3) is 15.8. The molecular formula is C29H50N7O18P3S. The Hall–Kier alpha value is -2.48. The number of hydrogen-bond acceptors (Lipinski definition) is 19. The van der Waals surface area contributed by atoms with Crippen LogP contribution >= 0.6 is 35.2 Å². The predicted molar refractivity (Wildman–Crippen MR) is 202 cm³/mol. The third-order valence-corrected chi connectivity index (χ3v) is 12.3. The van der Waals surface area contributed by atoms with Crippen molar-refractivity contribution in [2.75, 3.05) is 37.8 Å². The van der Waals surface area contributed by atoms with Crippen LogP contribution in [0.4, 0.5) is 5.82 Å². The van der Waals surface area contributed by atoms with Crippen molar-refractivity contribution in [2.24, 2.45) is 5.41 Å². The van der Waals surface area contributed by atoms with Crippen LogP contribution in [0.2, 0.25) is 0 Å². The topological polar surface area (TPSA) is 384 Å². The van der Waals surface area contributed by atoms with E-state index in [-0.39, 0.29) is 53.8 Å². The third-order valence-electron chi connectivity index (χ3n) is 8.31. The Bertz CT molecular complexity index is 1850. The number of thioether (sulfide) groups is 1. The summed E-state index contributed by atoms with van der Waals surface area (Å²) < 4.78 is 62.1. The summed E-state index contributed by atoms with van der Waals surface area (Å²) in [5.41, 5.74) is 4.24. The lowest BCUT2D eigenvalue weighted by Crippen LogP contribution is -2.46. The van der Waals surface area contributed by atoms with Gasteiger partial charge in [0.05, 0.1) is 25.6 Å². The highest BCUT2D eigenvalue weighted by molar-refractivity contribution is 8.13. The summed E-state index contributed by atoms with van der Waals surface area (Å²) in [6.45, 7) is 2.42. The number of unbranched alkanes of at least 4 members (excludes halogenated alkanes) is 2. The number of phosphoric ester groups is 3. The molecule has 0 saturated carbocycles. The average Bonchev–Trinajstić information content (AvgIpc) is 3.68. The van der Waals surface area contributed by atoms with Gasteiger partial charge in [-0.05, 0) is 6.42 Å². The van der Waals surface area contributed by atoms with Crippen molar-refractivity contribution in [1.29, 1.82) is 0 Å². The van der Waals surface area contributed by atoms with E-state index in [4.69, 9.17) is 19.5 Å². The number of nitrogens with zero attached hydrogens (tertiary/aromatic N) is 4. The molecule has 3 unspecified atom stereocenters. The van der Waals surface area contributed by atoms with Crippen molar-refractivity contribution in [3.8, 4) is 0 Å². The molecule has 0 radical (unpaired) electrons. The van der Waals surface area contributed by atoms with Gasteiger partial charge in [0.15, 0.2) is 22.8 Å². The van der Waals surface area contributed by atoms with Gasteiger partial charge in [-0.1, -0.05) is 51.8 Å². The van der Waals surface area contributed by atoms with Crippen LogP contribution in [0.1, 0.15) is 65.5 Å². The number of anilines is 1. The van der Waals surface area contributed by atoms with E-state index < -0.39 is 90.7 Å². The number of amides is 2. The molecule has 25 nitrogen and oxygen atoms in total. The molecule has 29 heteroatoms. The van der Waals surface area contributed by atoms with Crippen LogP contribution in [0.25, 0.3) is 11.2 Å². The molecule has 2 amide bonds. The van der Waals surface area contributed by atoms with Gasteiger partial charge in [0, 0.05) is 37.1 Å². The molecule has 330 valence electrons. The fourth-order valence-electron chi connectivity index (χ4n) is 5.28. The highest BCUT2D eigenvalue weighted by atomic mass is 32.2. The minimum atomic E-state index is -5.58. The quantitative estimate of drug-likeness (QED) is 0.0463. The van der Waals surface area contributed by atoms with Crippen molar-refractivity contribution in [1.82, 2.24) is 30.2 Å². The normalized spacial score (nSPS) is 21.9. The van der Waals surface area contributed by atoms with Crippen LogP contribution in [0.5, 0.6) is 0 Å². The minimum absolute atomic E-state index is 0.0181. The number of imidazole rings is 1. The zero-order valence-electron chi connectivity index (χ0n) is 31.6. The zero-order chi connectivity index (χ0) is 43.5. The van der Waals surface area contributed by atoms with Crippen molar-refractivity contribution in [3.05, 3.63) is 12.7 Å². The molecule has 2 aromatic rings. The van der Waals surface area contributed by atoms with E-state index in [0.717, 1.165) is 48.2 Å². The smallest absolute Gasteiger partial charge is 0.393 e. The van der Waals surface area contributed by atoms with E-state index in [2.05, 4.69) is 34.4 Å². The van der Waals surface area contributed by atoms with Crippen molar-refractivity contribution >= 4 is 69.1 Å². The number of aromatic nitrogens is 4. The van der Waals surface area contributed by atoms with Crippen molar-refractivity contribution < 1.29 is 85.6 Å². The molecule has 8 atom stereocenters. The van der Waals surface area contributed by atoms with Crippen LogP contribution in [-0.4, -0.2) is 134 Å². The van der Waals surface area contributed by atoms with Crippen molar-refractivity contribution in [3.63, 3.8) is 0 Å². The second-order valence-electron chi connectivity index (χ2n) is 13.6. The number of aliphatic hydroxyl groups excluding tert-OH is 3. The first-order chi connectivity index (χ1) is 26.9. The number of aliphatic hydroxyl groups is 3. The second kappa shape index (κ2) is 21.9. The van der Waals surface area contributed by atoms with E-state index in [9.17, 15) is 63.0 Å². The molecule has 3 rings (SSSR count). The first kappa shape index (κ1) is 49.9. The molecule has 1 fully saturated rings. The van der Waals surface area contributed by atoms with Gasteiger partial charge in [-0.25, -0.2) is 28.6 Å². The molecule has 0 aliphatic carbocycles. The predicted octanol–water partition coefficient (Wildman–Crippen LogP) is -0.00400. The number of phosphoric acid groups is 3. The SMILES string of the molecule is CCCCC[C@H](O)CC(=O)SCCNC(=O)CCNC(=O)[C@H](O)C(C)(C)COP(=O)(O)OP(=O)(O)OC[C@H]1O[C@@H](n2cnc3c(N)ncnc32)C(O)[C@H]1OP(=O)(O)O. The van der Waals surface area contributed by atoms with E-state index in [0.29, 0.717) is 6.42 Å². The lowest BCUT2D eigenvalue weighted by molar-refractivity contribution is -0.137. The molecule has 58 heavy (non-hydrogen) atoms. The van der Waals surface area contributed by atoms with E-state index in [1.165, 1.54) is 13.8 Å². The molecular weight excluding hydrogens is 859 g/mol. The van der Waals surface area contributed by atoms with Gasteiger partial charge in [-0.15, -0.1) is 0 Å². The highest BCUT2D eigenvalue weighted by Gasteiger charge is 2.50. The van der Waals surface area contributed by atoms with Gasteiger partial charge in [0.25, 0.3) is 0 Å². The summed E-state index contributed by atoms with van der Waals surface area (Å²) in [4.78, 5) is 87.7. The van der Waals surface area contributed by atoms with Crippen LogP contribution in [0, 0.1) is 5.41 Å². The number of fused-ring (bicyclic) bond motifs is 1. The number of carbonyl (C=O) groups excluding carboxylic acids is 3. The maximum Gasteiger partial charge on any atom is 0.481 e. The maximum atomic E-state index is 12.7. The lowest BCUT2D eigenvalue weighted by atomic mass is 9.87. The number of nitrogens with two attached hydrogens (primary N) is 1. The van der Waals surface area contributed by atoms with Crippen LogP contribution in [0.15, 0.2) is 12.7 Å². The Balaban J connectivity index is 1.45. The summed E-state index contributed by atoms with van der Waals surface area (Å²) >= 11 is 0.978. The van der Waals surface area contributed by atoms with Crippen LogP contribution < -0.4 is 16.4 Å². The van der Waals surface area contributed by atoms with E-state index in [1.54, 1.807) is 0 Å². The fourth-order valence-corrected chi connectivity index (χ4v) is 8.85. The summed E-state index contributed by atoms with van der Waals surface area (Å²) in [7, 11) is -16.4. The molecule has 0 spiro atoms. The van der Waals surface area contributed by atoms with Crippen molar-refractivity contribution in [2.45, 2.75) is 96.0 Å². The lowest BCUT2D eigenvalue weighted by Gasteiger charge is -2.30. The molecule has 1 saturated heterocycles. The Labute approximate surface area is 336 Å². The molecule has 0 bridgehead atoms. The summed E-state index contributed by atoms with van der Waals surface area (Å²) in [6.07, 6.45) is -4.33. The molecule has 2 aromatic heterocycles. The van der Waals surface area contributed by atoms with Gasteiger partial charge >= 0.3 is 23.5 Å². The number of ether oxygens (including phenoxy) is 1. The average molecular weight is 910 g/mol. The van der Waals surface area contributed by atoms with Gasteiger partial charge in [0.1, 0.15) is 36.3 Å². The highest BCUT2D eigenvalue weighted by Crippen LogP contribution is 2.61. The van der Waals surface area contributed by atoms with Gasteiger partial charge in [-0.2, -0.15) is 4.31 Å². The first-order valence-electron chi connectivity index (χ1n) is 17.7. The number of nitrogen functional groups attached to an aromatic ring is 1. The monoisotopic (exact) mass is 909 g/mol. The van der Waals surface area contributed by atoms with Gasteiger partial charge in [0.2, 0.25) is 11.8 Å². The number of rotatable bonds is 25. The van der Waals surface area contributed by atoms with E-state index in [1.807, 2.05) is 6.92 Å². The molecule has 11 N–H and O–H groups in total. The Morgan fingerprint density at radius 1 is 1.03 bits per heavy atom. The summed E-state index contributed by atoms with van der Waals surface area (Å²) in [5.74, 6) is -1.23. The number of hydrogen-bond donors (Lipinski definition) is 10. The number of carbonyl (C=O) groups is 3. The fraction of sp³-hybridized carbons (Fsp3) is 0.724. The second-order valence-corrected chi connectivity index (χ2v) is 19.0. The summed E-state index contributed by atoms with van der Waals surface area (Å²) in [5, 5.41) is 36.1. The number of nitrogens with one attached hydrogen (secondary N) is 2. The molecule has 1 aliphatic heterocycles. The van der Waals surface area contributed by atoms with Gasteiger partial charge in [-0.3, -0.25) is 32.5 Å². The minimum Gasteiger partial charge on any atom is -0.393 e. The van der Waals surface area contributed by atoms with Crippen LogP contribution in [-0.2, 0) is 50.7 Å². The maximum absolute atomic E-state index is 12.7. The Morgan fingerprint density at radius 2 is 1.72 bits per heavy atom. The molecule has 0 aromatic carbocycles. The Morgan fingerprint density at radius 3 is 2.40 bits per heavy atom. The molecule has 3 heterocycles. The first-order valence-corrected chi connectivity index (χ1v) is 23.2. The Kier molecular flexibility index (Phi) is 18.8. The van der Waals surface area contributed by atoms with E-state index >= 15 is 0 Å². The van der Waals surface area contributed by atoms with Gasteiger partial charge < -0.3 is 56.0 Å². The largest absolute Gasteiger partial charge is 0.481 e. The summed E-state index contributed by atoms with van der Waals surface area (Å²) in [6, 6.07) is 0.